The predicted molar refractivity (Wildman–Crippen MR) is 78.2 cm³/mol. The SMILES string of the molecule is CNC(=S)NCCCS(=O)(=O)Cc1ccccc1. The van der Waals surface area contributed by atoms with Crippen LogP contribution in [-0.4, -0.2) is 32.9 Å². The first kappa shape index (κ1) is 14.9. The van der Waals surface area contributed by atoms with E-state index in [1.54, 1.807) is 7.05 Å². The lowest BCUT2D eigenvalue weighted by atomic mass is 10.2. The molecule has 6 heteroatoms. The largest absolute Gasteiger partial charge is 0.366 e. The van der Waals surface area contributed by atoms with Crippen LogP contribution in [0.1, 0.15) is 12.0 Å². The minimum atomic E-state index is -3.04. The van der Waals surface area contributed by atoms with Gasteiger partial charge in [-0.25, -0.2) is 8.42 Å². The normalized spacial score (nSPS) is 10.9. The van der Waals surface area contributed by atoms with Crippen molar-refractivity contribution in [1.82, 2.24) is 10.6 Å². The zero-order valence-corrected chi connectivity index (χ0v) is 12.0. The van der Waals surface area contributed by atoms with Gasteiger partial charge in [-0.05, 0) is 24.2 Å². The fraction of sp³-hybridized carbons (Fsp3) is 0.417. The average Bonchev–Trinajstić information content (AvgIpc) is 2.35. The summed E-state index contributed by atoms with van der Waals surface area (Å²) in [4.78, 5) is 0. The molecule has 0 heterocycles. The molecule has 0 aliphatic heterocycles. The molecule has 2 N–H and O–H groups in total. The summed E-state index contributed by atoms with van der Waals surface area (Å²) in [5.74, 6) is 0.269. The first-order valence-corrected chi connectivity index (χ1v) is 7.96. The zero-order chi connectivity index (χ0) is 13.4. The Balaban J connectivity index is 2.35. The van der Waals surface area contributed by atoms with E-state index in [1.807, 2.05) is 30.3 Å². The Labute approximate surface area is 114 Å². The van der Waals surface area contributed by atoms with Crippen molar-refractivity contribution in [2.45, 2.75) is 12.2 Å². The fourth-order valence-corrected chi connectivity index (χ4v) is 3.01. The third-order valence-corrected chi connectivity index (χ3v) is 4.41. The van der Waals surface area contributed by atoms with Crippen LogP contribution in [0, 0.1) is 0 Å². The summed E-state index contributed by atoms with van der Waals surface area (Å²) in [5.41, 5.74) is 0.830. The molecule has 0 unspecified atom stereocenters. The van der Waals surface area contributed by atoms with Crippen molar-refractivity contribution in [2.24, 2.45) is 0 Å². The van der Waals surface area contributed by atoms with Gasteiger partial charge in [-0.1, -0.05) is 30.3 Å². The molecule has 0 fully saturated rings. The summed E-state index contributed by atoms with van der Waals surface area (Å²) >= 11 is 4.90. The molecule has 0 aliphatic rings. The molecule has 1 aromatic rings. The predicted octanol–water partition coefficient (Wildman–Crippen LogP) is 1.09. The van der Waals surface area contributed by atoms with Gasteiger partial charge in [-0.15, -0.1) is 0 Å². The summed E-state index contributed by atoms with van der Waals surface area (Å²) in [6.07, 6.45) is 0.553. The molecule has 1 rings (SSSR count). The highest BCUT2D eigenvalue weighted by molar-refractivity contribution is 7.90. The van der Waals surface area contributed by atoms with E-state index in [4.69, 9.17) is 12.2 Å². The van der Waals surface area contributed by atoms with Crippen LogP contribution in [0.15, 0.2) is 30.3 Å². The molecule has 0 aromatic heterocycles. The van der Waals surface area contributed by atoms with E-state index in [2.05, 4.69) is 10.6 Å². The van der Waals surface area contributed by atoms with Gasteiger partial charge in [-0.3, -0.25) is 0 Å². The smallest absolute Gasteiger partial charge is 0.166 e. The Bertz CT molecular complexity index is 472. The fourth-order valence-electron chi connectivity index (χ4n) is 1.48. The summed E-state index contributed by atoms with van der Waals surface area (Å²) in [5, 5.41) is 6.24. The highest BCUT2D eigenvalue weighted by Gasteiger charge is 2.11. The van der Waals surface area contributed by atoms with E-state index in [0.29, 0.717) is 18.1 Å². The topological polar surface area (TPSA) is 58.2 Å². The van der Waals surface area contributed by atoms with Gasteiger partial charge in [0.05, 0.1) is 11.5 Å². The van der Waals surface area contributed by atoms with Crippen LogP contribution in [0.4, 0.5) is 0 Å². The van der Waals surface area contributed by atoms with Crippen molar-refractivity contribution < 1.29 is 8.42 Å². The van der Waals surface area contributed by atoms with Crippen LogP contribution in [0.25, 0.3) is 0 Å². The lowest BCUT2D eigenvalue weighted by molar-refractivity contribution is 0.592. The third-order valence-electron chi connectivity index (χ3n) is 2.37. The van der Waals surface area contributed by atoms with E-state index < -0.39 is 9.84 Å². The number of hydrogen-bond donors (Lipinski definition) is 2. The average molecular weight is 286 g/mol. The van der Waals surface area contributed by atoms with Gasteiger partial charge in [0.15, 0.2) is 14.9 Å². The maximum Gasteiger partial charge on any atom is 0.166 e. The third kappa shape index (κ3) is 5.97. The van der Waals surface area contributed by atoms with Gasteiger partial charge in [0, 0.05) is 13.6 Å². The van der Waals surface area contributed by atoms with E-state index >= 15 is 0 Å². The van der Waals surface area contributed by atoms with Crippen LogP contribution in [0.5, 0.6) is 0 Å². The van der Waals surface area contributed by atoms with Crippen LogP contribution in [-0.2, 0) is 15.6 Å². The standard InChI is InChI=1S/C12H18N2O2S2/c1-13-12(17)14-8-5-9-18(15,16)10-11-6-3-2-4-7-11/h2-4,6-7H,5,8-10H2,1H3,(H2,13,14,17). The lowest BCUT2D eigenvalue weighted by Crippen LogP contribution is -2.33. The van der Waals surface area contributed by atoms with Gasteiger partial charge in [0.2, 0.25) is 0 Å². The summed E-state index contributed by atoms with van der Waals surface area (Å²) in [6, 6.07) is 9.21. The Morgan fingerprint density at radius 2 is 1.94 bits per heavy atom. The summed E-state index contributed by atoms with van der Waals surface area (Å²) in [7, 11) is -1.32. The number of thiocarbonyl (C=S) groups is 1. The van der Waals surface area contributed by atoms with Crippen LogP contribution >= 0.6 is 12.2 Å². The summed E-state index contributed by atoms with van der Waals surface area (Å²) < 4.78 is 23.7. The molecule has 0 spiro atoms. The molecule has 18 heavy (non-hydrogen) atoms. The molecule has 0 radical (unpaired) electrons. The maximum atomic E-state index is 11.8. The molecule has 0 bridgehead atoms. The van der Waals surface area contributed by atoms with Gasteiger partial charge in [-0.2, -0.15) is 0 Å². The van der Waals surface area contributed by atoms with Gasteiger partial charge in [0.1, 0.15) is 0 Å². The van der Waals surface area contributed by atoms with Crippen molar-refractivity contribution in [3.63, 3.8) is 0 Å². The second kappa shape index (κ2) is 7.33. The first-order valence-electron chi connectivity index (χ1n) is 5.73. The maximum absolute atomic E-state index is 11.8. The molecule has 0 saturated heterocycles. The number of nitrogens with one attached hydrogen (secondary N) is 2. The molecule has 0 atom stereocenters. The Morgan fingerprint density at radius 1 is 1.28 bits per heavy atom. The number of hydrogen-bond acceptors (Lipinski definition) is 3. The highest BCUT2D eigenvalue weighted by Crippen LogP contribution is 2.06. The molecular weight excluding hydrogens is 268 g/mol. The molecule has 0 saturated carbocycles. The molecule has 1 aromatic carbocycles. The van der Waals surface area contributed by atoms with E-state index in [1.165, 1.54) is 0 Å². The highest BCUT2D eigenvalue weighted by atomic mass is 32.2. The minimum absolute atomic E-state index is 0.102. The Hall–Kier alpha value is -1.14. The number of benzene rings is 1. The van der Waals surface area contributed by atoms with Crippen molar-refractivity contribution in [3.8, 4) is 0 Å². The Morgan fingerprint density at radius 3 is 2.56 bits per heavy atom. The van der Waals surface area contributed by atoms with Crippen molar-refractivity contribution in [2.75, 3.05) is 19.3 Å². The minimum Gasteiger partial charge on any atom is -0.366 e. The van der Waals surface area contributed by atoms with E-state index in [-0.39, 0.29) is 11.5 Å². The number of sulfone groups is 1. The van der Waals surface area contributed by atoms with Crippen LogP contribution in [0.3, 0.4) is 0 Å². The molecule has 0 aliphatic carbocycles. The van der Waals surface area contributed by atoms with Crippen molar-refractivity contribution >= 4 is 27.2 Å². The second-order valence-electron chi connectivity index (χ2n) is 3.94. The first-order chi connectivity index (χ1) is 8.53. The second-order valence-corrected chi connectivity index (χ2v) is 6.53. The van der Waals surface area contributed by atoms with Gasteiger partial charge < -0.3 is 10.6 Å². The quantitative estimate of drug-likeness (QED) is 0.605. The van der Waals surface area contributed by atoms with Gasteiger partial charge in [0.25, 0.3) is 0 Å². The van der Waals surface area contributed by atoms with Crippen molar-refractivity contribution in [3.05, 3.63) is 35.9 Å². The Kier molecular flexibility index (Phi) is 6.07. The molecule has 4 nitrogen and oxygen atoms in total. The van der Waals surface area contributed by atoms with E-state index in [9.17, 15) is 8.42 Å². The molecule has 100 valence electrons. The summed E-state index contributed by atoms with van der Waals surface area (Å²) in [6.45, 7) is 0.563. The van der Waals surface area contributed by atoms with Crippen molar-refractivity contribution in [1.29, 1.82) is 0 Å². The van der Waals surface area contributed by atoms with Crippen LogP contribution in [0.2, 0.25) is 0 Å². The lowest BCUT2D eigenvalue weighted by Gasteiger charge is -2.07. The monoisotopic (exact) mass is 286 g/mol. The van der Waals surface area contributed by atoms with Crippen LogP contribution < -0.4 is 10.6 Å². The zero-order valence-electron chi connectivity index (χ0n) is 10.3. The van der Waals surface area contributed by atoms with E-state index in [0.717, 1.165) is 5.56 Å². The number of rotatable bonds is 6. The van der Waals surface area contributed by atoms with Gasteiger partial charge >= 0.3 is 0 Å². The molecular formula is C12H18N2O2S2. The molecule has 0 amide bonds.